The first-order chi connectivity index (χ1) is 2.91. The van der Waals surface area contributed by atoms with Crippen LogP contribution in [-0.2, 0) is 0 Å². The molecule has 0 radical (unpaired) electrons. The van der Waals surface area contributed by atoms with Gasteiger partial charge in [0.2, 0.25) is 0 Å². The molecule has 0 aromatic rings. The molecule has 8 heavy (non-hydrogen) atoms. The van der Waals surface area contributed by atoms with Crippen LogP contribution in [0.4, 0.5) is 0 Å². The van der Waals surface area contributed by atoms with Gasteiger partial charge in [-0.25, -0.2) is 0 Å². The van der Waals surface area contributed by atoms with Gasteiger partial charge in [-0.05, 0) is 0 Å². The van der Waals surface area contributed by atoms with E-state index in [-0.39, 0.29) is 106 Å². The second-order valence-electron chi connectivity index (χ2n) is 1.71. The van der Waals surface area contributed by atoms with Crippen LogP contribution in [0.5, 0.6) is 0 Å². The van der Waals surface area contributed by atoms with Crippen molar-refractivity contribution in [1.82, 2.24) is 0 Å². The van der Waals surface area contributed by atoms with Crippen molar-refractivity contribution in [1.29, 1.82) is 0 Å². The Labute approximate surface area is 141 Å². The predicted molar refractivity (Wildman–Crippen MR) is 32.0 cm³/mol. The van der Waals surface area contributed by atoms with Crippen LogP contribution in [0, 0.1) is 0 Å². The third-order valence-corrected chi connectivity index (χ3v) is 0.957. The summed E-state index contributed by atoms with van der Waals surface area (Å²) in [6.07, 6.45) is 5.54. The minimum atomic E-state index is 0. The molecule has 0 aromatic carbocycles. The largest absolute Gasteiger partial charge is 1.00 e. The SMILES string of the molecule is CCCCCC.[H-].[H-].[K+].[K+]. The Morgan fingerprint density at radius 1 is 0.875 bits per heavy atom. The molecular formula is C6H16K2. The molecule has 0 saturated heterocycles. The monoisotopic (exact) mass is 166 g/mol. The maximum atomic E-state index is 2.23. The maximum Gasteiger partial charge on any atom is 1.00 e. The van der Waals surface area contributed by atoms with E-state index in [1.54, 1.807) is 0 Å². The van der Waals surface area contributed by atoms with Crippen molar-refractivity contribution >= 4 is 0 Å². The van der Waals surface area contributed by atoms with Gasteiger partial charge in [0.25, 0.3) is 0 Å². The summed E-state index contributed by atoms with van der Waals surface area (Å²) in [5.74, 6) is 0. The van der Waals surface area contributed by atoms with Crippen LogP contribution in [0.2, 0.25) is 0 Å². The van der Waals surface area contributed by atoms with Gasteiger partial charge < -0.3 is 2.85 Å². The smallest absolute Gasteiger partial charge is 1.00 e. The number of rotatable bonds is 3. The number of hydrogen-bond donors (Lipinski definition) is 0. The Balaban J connectivity index is -0.0000000208. The van der Waals surface area contributed by atoms with Gasteiger partial charge in [0.1, 0.15) is 0 Å². The van der Waals surface area contributed by atoms with E-state index >= 15 is 0 Å². The summed E-state index contributed by atoms with van der Waals surface area (Å²) < 4.78 is 0. The molecule has 0 spiro atoms. The van der Waals surface area contributed by atoms with Crippen LogP contribution in [0.1, 0.15) is 42.4 Å². The van der Waals surface area contributed by atoms with E-state index in [2.05, 4.69) is 13.8 Å². The average molecular weight is 166 g/mol. The Morgan fingerprint density at radius 2 is 1.12 bits per heavy atom. The fraction of sp³-hybridized carbons (Fsp3) is 1.00. The zero-order chi connectivity index (χ0) is 4.83. The molecule has 0 heterocycles. The van der Waals surface area contributed by atoms with Crippen LogP contribution < -0.4 is 103 Å². The molecule has 0 aliphatic heterocycles. The molecule has 0 fully saturated rings. The molecule has 0 atom stereocenters. The van der Waals surface area contributed by atoms with Gasteiger partial charge in [-0.2, -0.15) is 0 Å². The molecule has 0 N–H and O–H groups in total. The van der Waals surface area contributed by atoms with Gasteiger partial charge >= 0.3 is 103 Å². The Hall–Kier alpha value is 3.27. The predicted octanol–water partition coefficient (Wildman–Crippen LogP) is -3.18. The average Bonchev–Trinajstić information content (AvgIpc) is 1.61. The van der Waals surface area contributed by atoms with Gasteiger partial charge in [0.05, 0.1) is 0 Å². The first kappa shape index (κ1) is 17.4. The van der Waals surface area contributed by atoms with E-state index in [1.165, 1.54) is 25.7 Å². The molecule has 42 valence electrons. The van der Waals surface area contributed by atoms with Crippen LogP contribution in [0.25, 0.3) is 0 Å². The molecule has 2 heteroatoms. The molecule has 0 amide bonds. The summed E-state index contributed by atoms with van der Waals surface area (Å²) >= 11 is 0. The summed E-state index contributed by atoms with van der Waals surface area (Å²) in [4.78, 5) is 0. The number of hydrogen-bond acceptors (Lipinski definition) is 0. The Morgan fingerprint density at radius 3 is 1.25 bits per heavy atom. The van der Waals surface area contributed by atoms with Crippen molar-refractivity contribution in [3.63, 3.8) is 0 Å². The topological polar surface area (TPSA) is 0 Å². The summed E-state index contributed by atoms with van der Waals surface area (Å²) in [7, 11) is 0. The third kappa shape index (κ3) is 16.1. The van der Waals surface area contributed by atoms with Gasteiger partial charge in [-0.15, -0.1) is 0 Å². The van der Waals surface area contributed by atoms with Gasteiger partial charge in [0, 0.05) is 0 Å². The number of unbranched alkanes of at least 4 members (excludes halogenated alkanes) is 3. The minimum absolute atomic E-state index is 0. The fourth-order valence-electron chi connectivity index (χ4n) is 0.500. The second-order valence-corrected chi connectivity index (χ2v) is 1.71. The molecule has 0 bridgehead atoms. The molecule has 0 aliphatic rings. The quantitative estimate of drug-likeness (QED) is 0.306. The van der Waals surface area contributed by atoms with Gasteiger partial charge in [-0.1, -0.05) is 39.5 Å². The summed E-state index contributed by atoms with van der Waals surface area (Å²) in [5, 5.41) is 0. The third-order valence-electron chi connectivity index (χ3n) is 0.957. The molecule has 0 rings (SSSR count). The fourth-order valence-corrected chi connectivity index (χ4v) is 0.500. The molecule has 0 saturated carbocycles. The van der Waals surface area contributed by atoms with Crippen LogP contribution in [0.3, 0.4) is 0 Å². The van der Waals surface area contributed by atoms with E-state index < -0.39 is 0 Å². The summed E-state index contributed by atoms with van der Waals surface area (Å²) in [6.45, 7) is 4.46. The summed E-state index contributed by atoms with van der Waals surface area (Å²) in [6, 6.07) is 0. The standard InChI is InChI=1S/C6H14.2K.2H/c1-3-5-6-4-2;;;;/h3-6H2,1-2H3;;;;/q;2*+1;2*-1. The van der Waals surface area contributed by atoms with Crippen LogP contribution >= 0.6 is 0 Å². The maximum absolute atomic E-state index is 2.23. The van der Waals surface area contributed by atoms with Gasteiger partial charge in [0.15, 0.2) is 0 Å². The first-order valence-corrected chi connectivity index (χ1v) is 2.91. The summed E-state index contributed by atoms with van der Waals surface area (Å²) in [5.41, 5.74) is 0. The van der Waals surface area contributed by atoms with E-state index in [9.17, 15) is 0 Å². The zero-order valence-corrected chi connectivity index (χ0v) is 13.1. The molecule has 0 aliphatic carbocycles. The van der Waals surface area contributed by atoms with Crippen LogP contribution in [0.15, 0.2) is 0 Å². The van der Waals surface area contributed by atoms with E-state index in [0.717, 1.165) is 0 Å². The zero-order valence-electron chi connectivity index (χ0n) is 8.83. The van der Waals surface area contributed by atoms with Crippen molar-refractivity contribution < 1.29 is 106 Å². The Bertz CT molecular complexity index is 25.7. The minimum Gasteiger partial charge on any atom is -1.00 e. The second kappa shape index (κ2) is 16.7. The molecule has 0 aromatic heterocycles. The normalized spacial score (nSPS) is 6.75. The van der Waals surface area contributed by atoms with Crippen molar-refractivity contribution in [2.45, 2.75) is 39.5 Å². The van der Waals surface area contributed by atoms with E-state index in [1.807, 2.05) is 0 Å². The van der Waals surface area contributed by atoms with Crippen molar-refractivity contribution in [3.8, 4) is 0 Å². The van der Waals surface area contributed by atoms with E-state index in [4.69, 9.17) is 0 Å². The first-order valence-electron chi connectivity index (χ1n) is 2.91. The van der Waals surface area contributed by atoms with Crippen molar-refractivity contribution in [2.75, 3.05) is 0 Å². The van der Waals surface area contributed by atoms with Crippen LogP contribution in [-0.4, -0.2) is 0 Å². The molecular weight excluding hydrogens is 150 g/mol. The van der Waals surface area contributed by atoms with Gasteiger partial charge in [-0.3, -0.25) is 0 Å². The molecule has 0 nitrogen and oxygen atoms in total. The molecule has 0 unspecified atom stereocenters. The van der Waals surface area contributed by atoms with Crippen molar-refractivity contribution in [3.05, 3.63) is 0 Å². The van der Waals surface area contributed by atoms with E-state index in [0.29, 0.717) is 0 Å². The Kier molecular flexibility index (Phi) is 36.3. The van der Waals surface area contributed by atoms with Crippen molar-refractivity contribution in [2.24, 2.45) is 0 Å².